The molecule has 1 aromatic heterocycles. The number of rotatable bonds is 3. The summed E-state index contributed by atoms with van der Waals surface area (Å²) in [6, 6.07) is 7.84. The van der Waals surface area contributed by atoms with Crippen molar-refractivity contribution in [2.75, 3.05) is 38.7 Å². The molecule has 1 saturated heterocycles. The molecule has 0 unspecified atom stereocenters. The molecule has 1 aliphatic rings. The summed E-state index contributed by atoms with van der Waals surface area (Å²) in [7, 11) is 1.82. The second kappa shape index (κ2) is 5.50. The number of imidazole rings is 1. The molecule has 0 bridgehead atoms. The average molecular weight is 274 g/mol. The van der Waals surface area contributed by atoms with Crippen LogP contribution in [0.2, 0.25) is 0 Å². The van der Waals surface area contributed by atoms with Gasteiger partial charge in [0, 0.05) is 20.1 Å². The van der Waals surface area contributed by atoms with E-state index in [2.05, 4.69) is 10.3 Å². The number of carbonyl (C=O) groups excluding carboxylic acids is 1. The van der Waals surface area contributed by atoms with E-state index in [0.29, 0.717) is 38.8 Å². The smallest absolute Gasteiger partial charge is 0.242 e. The van der Waals surface area contributed by atoms with E-state index in [0.717, 1.165) is 11.0 Å². The van der Waals surface area contributed by atoms with E-state index in [9.17, 15) is 4.79 Å². The molecule has 6 heteroatoms. The SMILES string of the molecule is CNc1nc2ccccc2n1CC(=O)N1CCOCC1. The van der Waals surface area contributed by atoms with Gasteiger partial charge in [-0.3, -0.25) is 4.79 Å². The average Bonchev–Trinajstić information content (AvgIpc) is 2.86. The molecule has 2 heterocycles. The van der Waals surface area contributed by atoms with Gasteiger partial charge in [-0.05, 0) is 12.1 Å². The summed E-state index contributed by atoms with van der Waals surface area (Å²) >= 11 is 0. The van der Waals surface area contributed by atoms with Crippen molar-refractivity contribution < 1.29 is 9.53 Å². The standard InChI is InChI=1S/C14H18N4O2/c1-15-14-16-11-4-2-3-5-12(11)18(14)10-13(19)17-6-8-20-9-7-17/h2-5H,6-10H2,1H3,(H,15,16). The summed E-state index contributed by atoms with van der Waals surface area (Å²) in [5.41, 5.74) is 1.87. The number of fused-ring (bicyclic) bond motifs is 1. The lowest BCUT2D eigenvalue weighted by atomic mass is 10.3. The summed E-state index contributed by atoms with van der Waals surface area (Å²) < 4.78 is 7.20. The van der Waals surface area contributed by atoms with E-state index in [4.69, 9.17) is 4.74 Å². The number of para-hydroxylation sites is 2. The Morgan fingerprint density at radius 2 is 2.10 bits per heavy atom. The van der Waals surface area contributed by atoms with Gasteiger partial charge in [0.25, 0.3) is 0 Å². The fourth-order valence-corrected chi connectivity index (χ4v) is 2.47. The molecular weight excluding hydrogens is 256 g/mol. The third kappa shape index (κ3) is 2.34. The van der Waals surface area contributed by atoms with Gasteiger partial charge in [-0.15, -0.1) is 0 Å². The summed E-state index contributed by atoms with van der Waals surface area (Å²) in [5.74, 6) is 0.820. The Bertz CT molecular complexity index is 617. The van der Waals surface area contributed by atoms with Crippen molar-refractivity contribution in [2.45, 2.75) is 6.54 Å². The van der Waals surface area contributed by atoms with E-state index < -0.39 is 0 Å². The van der Waals surface area contributed by atoms with Gasteiger partial charge in [0.2, 0.25) is 11.9 Å². The molecule has 0 spiro atoms. The number of nitrogens with one attached hydrogen (secondary N) is 1. The number of benzene rings is 1. The number of carbonyl (C=O) groups is 1. The molecule has 1 aromatic carbocycles. The number of aromatic nitrogens is 2. The topological polar surface area (TPSA) is 59.4 Å². The molecule has 0 saturated carbocycles. The van der Waals surface area contributed by atoms with Gasteiger partial charge < -0.3 is 19.5 Å². The molecule has 1 fully saturated rings. The maximum absolute atomic E-state index is 12.4. The van der Waals surface area contributed by atoms with Crippen LogP contribution in [-0.2, 0) is 16.1 Å². The molecule has 106 valence electrons. The maximum atomic E-state index is 12.4. The summed E-state index contributed by atoms with van der Waals surface area (Å²) in [4.78, 5) is 18.7. The Balaban J connectivity index is 1.87. The van der Waals surface area contributed by atoms with Crippen LogP contribution in [0.25, 0.3) is 11.0 Å². The monoisotopic (exact) mass is 274 g/mol. The lowest BCUT2D eigenvalue weighted by molar-refractivity contribution is -0.135. The number of anilines is 1. The number of ether oxygens (including phenoxy) is 1. The van der Waals surface area contributed by atoms with Crippen LogP contribution in [0, 0.1) is 0 Å². The van der Waals surface area contributed by atoms with E-state index in [1.165, 1.54) is 0 Å². The van der Waals surface area contributed by atoms with Crippen LogP contribution < -0.4 is 5.32 Å². The Morgan fingerprint density at radius 3 is 2.85 bits per heavy atom. The zero-order valence-electron chi connectivity index (χ0n) is 11.5. The maximum Gasteiger partial charge on any atom is 0.242 e. The van der Waals surface area contributed by atoms with Crippen LogP contribution >= 0.6 is 0 Å². The van der Waals surface area contributed by atoms with E-state index in [1.54, 1.807) is 0 Å². The fourth-order valence-electron chi connectivity index (χ4n) is 2.47. The minimum atomic E-state index is 0.105. The second-order valence-corrected chi connectivity index (χ2v) is 4.75. The zero-order chi connectivity index (χ0) is 13.9. The molecule has 0 aliphatic carbocycles. The molecule has 0 atom stereocenters. The highest BCUT2D eigenvalue weighted by Crippen LogP contribution is 2.19. The van der Waals surface area contributed by atoms with Crippen LogP contribution in [0.15, 0.2) is 24.3 Å². The van der Waals surface area contributed by atoms with E-state index in [1.807, 2.05) is 40.8 Å². The number of nitrogens with zero attached hydrogens (tertiary/aromatic N) is 3. The van der Waals surface area contributed by atoms with Gasteiger partial charge in [-0.2, -0.15) is 0 Å². The number of hydrogen-bond acceptors (Lipinski definition) is 4. The fraction of sp³-hybridized carbons (Fsp3) is 0.429. The lowest BCUT2D eigenvalue weighted by Gasteiger charge is -2.27. The van der Waals surface area contributed by atoms with Gasteiger partial charge in [0.1, 0.15) is 6.54 Å². The Morgan fingerprint density at radius 1 is 1.35 bits per heavy atom. The molecule has 1 N–H and O–H groups in total. The molecule has 3 rings (SSSR count). The third-order valence-corrected chi connectivity index (χ3v) is 3.54. The van der Waals surface area contributed by atoms with Crippen molar-refractivity contribution >= 4 is 22.9 Å². The van der Waals surface area contributed by atoms with Crippen molar-refractivity contribution in [1.29, 1.82) is 0 Å². The lowest BCUT2D eigenvalue weighted by Crippen LogP contribution is -2.42. The van der Waals surface area contributed by atoms with Crippen LogP contribution in [0.1, 0.15) is 0 Å². The van der Waals surface area contributed by atoms with Crippen molar-refractivity contribution in [3.05, 3.63) is 24.3 Å². The molecule has 1 aliphatic heterocycles. The number of amides is 1. The Labute approximate surface area is 117 Å². The van der Waals surface area contributed by atoms with Gasteiger partial charge in [0.05, 0.1) is 24.2 Å². The van der Waals surface area contributed by atoms with Crippen LogP contribution in [-0.4, -0.2) is 53.7 Å². The van der Waals surface area contributed by atoms with Gasteiger partial charge in [-0.25, -0.2) is 4.98 Å². The first kappa shape index (κ1) is 12.9. The van der Waals surface area contributed by atoms with E-state index >= 15 is 0 Å². The van der Waals surface area contributed by atoms with Crippen molar-refractivity contribution in [3.63, 3.8) is 0 Å². The first-order chi connectivity index (χ1) is 9.79. The molecule has 0 radical (unpaired) electrons. The van der Waals surface area contributed by atoms with Gasteiger partial charge >= 0.3 is 0 Å². The van der Waals surface area contributed by atoms with Crippen molar-refractivity contribution in [1.82, 2.24) is 14.5 Å². The summed E-state index contributed by atoms with van der Waals surface area (Å²) in [5, 5.41) is 3.05. The second-order valence-electron chi connectivity index (χ2n) is 4.75. The quantitative estimate of drug-likeness (QED) is 0.905. The summed E-state index contributed by atoms with van der Waals surface area (Å²) in [6.45, 7) is 2.88. The predicted octanol–water partition coefficient (Wildman–Crippen LogP) is 0.937. The Hall–Kier alpha value is -2.08. The number of hydrogen-bond donors (Lipinski definition) is 1. The van der Waals surface area contributed by atoms with Crippen LogP contribution in [0.5, 0.6) is 0 Å². The normalized spacial score (nSPS) is 15.6. The van der Waals surface area contributed by atoms with Gasteiger partial charge in [0.15, 0.2) is 0 Å². The first-order valence-electron chi connectivity index (χ1n) is 6.78. The van der Waals surface area contributed by atoms with Crippen molar-refractivity contribution in [3.8, 4) is 0 Å². The van der Waals surface area contributed by atoms with Crippen LogP contribution in [0.3, 0.4) is 0 Å². The number of morpholine rings is 1. The molecule has 1 amide bonds. The van der Waals surface area contributed by atoms with E-state index in [-0.39, 0.29) is 5.91 Å². The summed E-state index contributed by atoms with van der Waals surface area (Å²) in [6.07, 6.45) is 0. The van der Waals surface area contributed by atoms with Crippen LogP contribution in [0.4, 0.5) is 5.95 Å². The molecule has 6 nitrogen and oxygen atoms in total. The largest absolute Gasteiger partial charge is 0.378 e. The molecular formula is C14H18N4O2. The minimum Gasteiger partial charge on any atom is -0.378 e. The highest BCUT2D eigenvalue weighted by atomic mass is 16.5. The molecule has 20 heavy (non-hydrogen) atoms. The highest BCUT2D eigenvalue weighted by Gasteiger charge is 2.19. The Kier molecular flexibility index (Phi) is 3.56. The minimum absolute atomic E-state index is 0.105. The zero-order valence-corrected chi connectivity index (χ0v) is 11.5. The van der Waals surface area contributed by atoms with Crippen molar-refractivity contribution in [2.24, 2.45) is 0 Å². The first-order valence-corrected chi connectivity index (χ1v) is 6.78. The highest BCUT2D eigenvalue weighted by molar-refractivity contribution is 5.83. The molecule has 2 aromatic rings. The van der Waals surface area contributed by atoms with Gasteiger partial charge in [-0.1, -0.05) is 12.1 Å². The predicted molar refractivity (Wildman–Crippen MR) is 76.7 cm³/mol. The third-order valence-electron chi connectivity index (χ3n) is 3.54.